The SMILES string of the molecule is COc1ccc(C(=O)N2CCN(c3ccccc3)CC2)cc1CN(c1ccc(F)cc1)S(C)(=O)=O. The van der Waals surface area contributed by atoms with E-state index in [0.717, 1.165) is 29.3 Å². The Hall–Kier alpha value is -3.59. The number of rotatable bonds is 7. The first-order valence-corrected chi connectivity index (χ1v) is 13.1. The Balaban J connectivity index is 1.54. The molecule has 3 aromatic carbocycles. The van der Waals surface area contributed by atoms with Crippen molar-refractivity contribution in [3.05, 3.63) is 89.7 Å². The van der Waals surface area contributed by atoms with Crippen molar-refractivity contribution < 1.29 is 22.3 Å². The molecule has 35 heavy (non-hydrogen) atoms. The highest BCUT2D eigenvalue weighted by Gasteiger charge is 2.25. The molecule has 0 radical (unpaired) electrons. The number of amides is 1. The summed E-state index contributed by atoms with van der Waals surface area (Å²) in [6.45, 7) is 2.56. The van der Waals surface area contributed by atoms with E-state index in [1.807, 2.05) is 18.2 Å². The fourth-order valence-electron chi connectivity index (χ4n) is 4.19. The molecule has 7 nitrogen and oxygen atoms in total. The molecule has 4 rings (SSSR count). The van der Waals surface area contributed by atoms with Crippen LogP contribution in [-0.2, 0) is 16.6 Å². The maximum atomic E-state index is 13.4. The summed E-state index contributed by atoms with van der Waals surface area (Å²) in [6, 6.07) is 20.4. The summed E-state index contributed by atoms with van der Waals surface area (Å²) >= 11 is 0. The molecule has 3 aromatic rings. The number of piperazine rings is 1. The van der Waals surface area contributed by atoms with Gasteiger partial charge in [0.1, 0.15) is 11.6 Å². The Morgan fingerprint density at radius 2 is 1.63 bits per heavy atom. The smallest absolute Gasteiger partial charge is 0.253 e. The quantitative estimate of drug-likeness (QED) is 0.497. The number of benzene rings is 3. The maximum Gasteiger partial charge on any atom is 0.253 e. The van der Waals surface area contributed by atoms with Gasteiger partial charge in [0.15, 0.2) is 0 Å². The van der Waals surface area contributed by atoms with Gasteiger partial charge in [-0.1, -0.05) is 18.2 Å². The second-order valence-corrected chi connectivity index (χ2v) is 10.3. The lowest BCUT2D eigenvalue weighted by Crippen LogP contribution is -2.48. The van der Waals surface area contributed by atoms with Crippen LogP contribution in [0.1, 0.15) is 15.9 Å². The first-order chi connectivity index (χ1) is 16.8. The molecule has 9 heteroatoms. The van der Waals surface area contributed by atoms with Gasteiger partial charge in [0.25, 0.3) is 5.91 Å². The predicted octanol–water partition coefficient (Wildman–Crippen LogP) is 3.76. The van der Waals surface area contributed by atoms with Crippen LogP contribution in [0.25, 0.3) is 0 Å². The molecule has 1 fully saturated rings. The van der Waals surface area contributed by atoms with Crippen molar-refractivity contribution >= 4 is 27.3 Å². The van der Waals surface area contributed by atoms with Crippen molar-refractivity contribution in [1.82, 2.24) is 4.90 Å². The fraction of sp³-hybridized carbons (Fsp3) is 0.269. The lowest BCUT2D eigenvalue weighted by Gasteiger charge is -2.36. The number of ether oxygens (including phenoxy) is 1. The van der Waals surface area contributed by atoms with Crippen molar-refractivity contribution in [3.8, 4) is 5.75 Å². The first kappa shape index (κ1) is 24.5. The second kappa shape index (κ2) is 10.4. The first-order valence-electron chi connectivity index (χ1n) is 11.3. The number of halogens is 1. The van der Waals surface area contributed by atoms with Gasteiger partial charge in [-0.15, -0.1) is 0 Å². The van der Waals surface area contributed by atoms with Crippen LogP contribution in [-0.4, -0.2) is 58.8 Å². The van der Waals surface area contributed by atoms with Gasteiger partial charge in [-0.05, 0) is 54.6 Å². The molecule has 1 amide bonds. The van der Waals surface area contributed by atoms with Crippen molar-refractivity contribution in [2.45, 2.75) is 6.54 Å². The average molecular weight is 498 g/mol. The van der Waals surface area contributed by atoms with Crippen LogP contribution in [0.15, 0.2) is 72.8 Å². The number of hydrogen-bond donors (Lipinski definition) is 0. The van der Waals surface area contributed by atoms with E-state index in [-0.39, 0.29) is 12.5 Å². The molecule has 0 N–H and O–H groups in total. The summed E-state index contributed by atoms with van der Waals surface area (Å²) in [4.78, 5) is 17.3. The van der Waals surface area contributed by atoms with Crippen LogP contribution < -0.4 is 13.9 Å². The van der Waals surface area contributed by atoms with E-state index in [4.69, 9.17) is 4.74 Å². The number of anilines is 2. The van der Waals surface area contributed by atoms with Crippen LogP contribution in [0.4, 0.5) is 15.8 Å². The van der Waals surface area contributed by atoms with Crippen molar-refractivity contribution in [2.75, 3.05) is 48.7 Å². The summed E-state index contributed by atoms with van der Waals surface area (Å²) in [5.74, 6) is -0.111. The van der Waals surface area contributed by atoms with Crippen LogP contribution >= 0.6 is 0 Å². The van der Waals surface area contributed by atoms with E-state index < -0.39 is 15.8 Å². The van der Waals surface area contributed by atoms with Gasteiger partial charge in [-0.25, -0.2) is 12.8 Å². The summed E-state index contributed by atoms with van der Waals surface area (Å²) in [5.41, 5.74) is 2.45. The third-order valence-corrected chi connectivity index (χ3v) is 7.19. The topological polar surface area (TPSA) is 70.2 Å². The molecule has 0 aliphatic carbocycles. The number of para-hydroxylation sites is 1. The molecule has 1 aliphatic heterocycles. The third-order valence-electron chi connectivity index (χ3n) is 6.04. The zero-order chi connectivity index (χ0) is 25.0. The minimum absolute atomic E-state index is 0.0590. The largest absolute Gasteiger partial charge is 0.496 e. The summed E-state index contributed by atoms with van der Waals surface area (Å²) in [5, 5.41) is 0. The van der Waals surface area contributed by atoms with Gasteiger partial charge >= 0.3 is 0 Å². The van der Waals surface area contributed by atoms with E-state index >= 15 is 0 Å². The Morgan fingerprint density at radius 1 is 0.971 bits per heavy atom. The van der Waals surface area contributed by atoms with E-state index in [2.05, 4.69) is 17.0 Å². The Morgan fingerprint density at radius 3 is 2.23 bits per heavy atom. The molecule has 0 aromatic heterocycles. The molecular formula is C26H28FN3O4S. The number of hydrogen-bond acceptors (Lipinski definition) is 5. The second-order valence-electron chi connectivity index (χ2n) is 8.39. The molecule has 0 unspecified atom stereocenters. The summed E-state index contributed by atoms with van der Waals surface area (Å²) in [6.07, 6.45) is 1.09. The third kappa shape index (κ3) is 5.74. The minimum atomic E-state index is -3.69. The van der Waals surface area contributed by atoms with Gasteiger partial charge in [0.2, 0.25) is 10.0 Å². The molecule has 1 saturated heterocycles. The molecule has 1 aliphatic rings. The lowest BCUT2D eigenvalue weighted by atomic mass is 10.1. The van der Waals surface area contributed by atoms with Crippen LogP contribution in [0.5, 0.6) is 5.75 Å². The van der Waals surface area contributed by atoms with E-state index in [0.29, 0.717) is 35.7 Å². The van der Waals surface area contributed by atoms with Gasteiger partial charge in [-0.3, -0.25) is 9.10 Å². The summed E-state index contributed by atoms with van der Waals surface area (Å²) < 4.78 is 45.1. The fourth-order valence-corrected chi connectivity index (χ4v) is 5.06. The van der Waals surface area contributed by atoms with E-state index in [9.17, 15) is 17.6 Å². The number of nitrogens with zero attached hydrogens (tertiary/aromatic N) is 3. The minimum Gasteiger partial charge on any atom is -0.496 e. The highest BCUT2D eigenvalue weighted by molar-refractivity contribution is 7.92. The molecule has 0 atom stereocenters. The van der Waals surface area contributed by atoms with Gasteiger partial charge in [0, 0.05) is 43.0 Å². The molecule has 184 valence electrons. The van der Waals surface area contributed by atoms with Crippen LogP contribution in [0.2, 0.25) is 0 Å². The van der Waals surface area contributed by atoms with Crippen LogP contribution in [0.3, 0.4) is 0 Å². The van der Waals surface area contributed by atoms with Crippen molar-refractivity contribution in [3.63, 3.8) is 0 Å². The van der Waals surface area contributed by atoms with Gasteiger partial charge < -0.3 is 14.5 Å². The number of carbonyl (C=O) groups excluding carboxylic acids is 1. The van der Waals surface area contributed by atoms with Gasteiger partial charge in [0.05, 0.1) is 25.6 Å². The molecular weight excluding hydrogens is 469 g/mol. The standard InChI is InChI=1S/C26H28FN3O4S/c1-34-25-13-8-20(26(31)29-16-14-28(15-17-29)23-6-4-3-5-7-23)18-21(25)19-30(35(2,32)33)24-11-9-22(27)10-12-24/h3-13,18H,14-17,19H2,1-2H3. The maximum absolute atomic E-state index is 13.4. The Kier molecular flexibility index (Phi) is 7.25. The highest BCUT2D eigenvalue weighted by Crippen LogP contribution is 2.27. The number of methoxy groups -OCH3 is 1. The lowest BCUT2D eigenvalue weighted by molar-refractivity contribution is 0.0746. The zero-order valence-corrected chi connectivity index (χ0v) is 20.5. The zero-order valence-electron chi connectivity index (χ0n) is 19.7. The predicted molar refractivity (Wildman–Crippen MR) is 135 cm³/mol. The molecule has 0 spiro atoms. The molecule has 1 heterocycles. The number of sulfonamides is 1. The van der Waals surface area contributed by atoms with Crippen molar-refractivity contribution in [1.29, 1.82) is 0 Å². The monoisotopic (exact) mass is 497 g/mol. The van der Waals surface area contributed by atoms with Gasteiger partial charge in [-0.2, -0.15) is 0 Å². The normalized spacial score (nSPS) is 14.0. The van der Waals surface area contributed by atoms with Crippen molar-refractivity contribution in [2.24, 2.45) is 0 Å². The average Bonchev–Trinajstić information content (AvgIpc) is 2.87. The number of carbonyl (C=O) groups is 1. The van der Waals surface area contributed by atoms with Crippen LogP contribution in [0, 0.1) is 5.82 Å². The van der Waals surface area contributed by atoms with E-state index in [1.54, 1.807) is 23.1 Å². The Bertz CT molecular complexity index is 1280. The molecule has 0 saturated carbocycles. The molecule has 0 bridgehead atoms. The Labute approximate surface area is 205 Å². The van der Waals surface area contributed by atoms with E-state index in [1.165, 1.54) is 31.4 Å². The summed E-state index contributed by atoms with van der Waals surface area (Å²) in [7, 11) is -2.19. The highest BCUT2D eigenvalue weighted by atomic mass is 32.2.